The maximum atomic E-state index is 11.8. The van der Waals surface area contributed by atoms with E-state index in [1.807, 2.05) is 0 Å². The van der Waals surface area contributed by atoms with Crippen LogP contribution in [-0.4, -0.2) is 34.7 Å². The third-order valence-corrected chi connectivity index (χ3v) is 4.04. The summed E-state index contributed by atoms with van der Waals surface area (Å²) < 4.78 is 0. The van der Waals surface area contributed by atoms with Crippen molar-refractivity contribution in [2.24, 2.45) is 5.92 Å². The Bertz CT molecular complexity index is 271. The molecule has 1 atom stereocenters. The molecular formula is C13H23NO2S. The molecule has 0 aromatic heterocycles. The molecule has 1 aliphatic rings. The first-order valence-electron chi connectivity index (χ1n) is 6.22. The maximum Gasteiger partial charge on any atom is 0.223 e. The van der Waals surface area contributed by atoms with E-state index in [0.717, 1.165) is 25.0 Å². The van der Waals surface area contributed by atoms with E-state index in [0.29, 0.717) is 12.3 Å². The van der Waals surface area contributed by atoms with Crippen LogP contribution >= 0.6 is 11.8 Å². The Kier molecular flexibility index (Phi) is 6.06. The number of thioether (sulfide) groups is 1. The average molecular weight is 257 g/mol. The third kappa shape index (κ3) is 6.74. The van der Waals surface area contributed by atoms with Crippen LogP contribution in [0.25, 0.3) is 0 Å². The van der Waals surface area contributed by atoms with Gasteiger partial charge in [0, 0.05) is 24.0 Å². The zero-order valence-electron chi connectivity index (χ0n) is 10.7. The fraction of sp³-hybridized carbons (Fsp3) is 0.769. The van der Waals surface area contributed by atoms with Crippen LogP contribution in [0.2, 0.25) is 0 Å². The van der Waals surface area contributed by atoms with Gasteiger partial charge in [-0.2, -0.15) is 11.8 Å². The first-order chi connectivity index (χ1) is 7.99. The van der Waals surface area contributed by atoms with E-state index in [4.69, 9.17) is 0 Å². The molecule has 1 rings (SSSR count). The lowest BCUT2D eigenvalue weighted by atomic mass is 9.94. The first kappa shape index (κ1) is 14.6. The summed E-state index contributed by atoms with van der Waals surface area (Å²) in [7, 11) is 0. The maximum absolute atomic E-state index is 11.8. The minimum atomic E-state index is -0.622. The summed E-state index contributed by atoms with van der Waals surface area (Å²) in [6.07, 6.45) is 7.10. The van der Waals surface area contributed by atoms with Crippen molar-refractivity contribution in [2.45, 2.75) is 38.7 Å². The highest BCUT2D eigenvalue weighted by molar-refractivity contribution is 7.99. The first-order valence-corrected chi connectivity index (χ1v) is 7.37. The SMILES string of the molecule is CC(C)(O)CSCCNC(=O)C1CC=CCC1. The van der Waals surface area contributed by atoms with Crippen LogP contribution in [0.15, 0.2) is 12.2 Å². The van der Waals surface area contributed by atoms with Crippen LogP contribution < -0.4 is 5.32 Å². The Morgan fingerprint density at radius 2 is 2.29 bits per heavy atom. The van der Waals surface area contributed by atoms with Crippen LogP contribution in [0.4, 0.5) is 0 Å². The molecule has 0 fully saturated rings. The number of amides is 1. The van der Waals surface area contributed by atoms with Gasteiger partial charge >= 0.3 is 0 Å². The molecule has 0 saturated carbocycles. The Hall–Kier alpha value is -0.480. The summed E-state index contributed by atoms with van der Waals surface area (Å²) in [6, 6.07) is 0. The van der Waals surface area contributed by atoms with Crippen molar-refractivity contribution in [3.8, 4) is 0 Å². The molecule has 0 aromatic carbocycles. The fourth-order valence-corrected chi connectivity index (χ4v) is 2.63. The standard InChI is InChI=1S/C13H23NO2S/c1-13(2,16)10-17-9-8-14-12(15)11-6-4-3-5-7-11/h3-4,11,16H,5-10H2,1-2H3,(H,14,15). The van der Waals surface area contributed by atoms with Crippen LogP contribution in [0.3, 0.4) is 0 Å². The number of aliphatic hydroxyl groups is 1. The predicted octanol–water partition coefficient (Wildman–Crippen LogP) is 1.96. The van der Waals surface area contributed by atoms with Crippen molar-refractivity contribution < 1.29 is 9.90 Å². The molecule has 0 radical (unpaired) electrons. The van der Waals surface area contributed by atoms with E-state index >= 15 is 0 Å². The second-order valence-electron chi connectivity index (χ2n) is 5.14. The number of carbonyl (C=O) groups is 1. The van der Waals surface area contributed by atoms with E-state index in [1.54, 1.807) is 25.6 Å². The van der Waals surface area contributed by atoms with Gasteiger partial charge in [0.05, 0.1) is 5.60 Å². The Balaban J connectivity index is 2.06. The predicted molar refractivity (Wildman–Crippen MR) is 73.1 cm³/mol. The molecular weight excluding hydrogens is 234 g/mol. The summed E-state index contributed by atoms with van der Waals surface area (Å²) in [4.78, 5) is 11.8. The quantitative estimate of drug-likeness (QED) is 0.565. The van der Waals surface area contributed by atoms with Crippen LogP contribution in [0, 0.1) is 5.92 Å². The van der Waals surface area contributed by atoms with Gasteiger partial charge in [0.2, 0.25) is 5.91 Å². The molecule has 0 aliphatic heterocycles. The van der Waals surface area contributed by atoms with Crippen LogP contribution in [-0.2, 0) is 4.79 Å². The van der Waals surface area contributed by atoms with Crippen molar-refractivity contribution in [3.05, 3.63) is 12.2 Å². The summed E-state index contributed by atoms with van der Waals surface area (Å²) in [5.74, 6) is 1.91. The lowest BCUT2D eigenvalue weighted by Gasteiger charge is -2.18. The number of carbonyl (C=O) groups excluding carboxylic acids is 1. The van der Waals surface area contributed by atoms with E-state index in [2.05, 4.69) is 17.5 Å². The monoisotopic (exact) mass is 257 g/mol. The van der Waals surface area contributed by atoms with Gasteiger partial charge in [0.25, 0.3) is 0 Å². The van der Waals surface area contributed by atoms with Gasteiger partial charge in [-0.1, -0.05) is 12.2 Å². The van der Waals surface area contributed by atoms with E-state index < -0.39 is 5.60 Å². The Labute approximate surface area is 108 Å². The summed E-state index contributed by atoms with van der Waals surface area (Å²) >= 11 is 1.67. The molecule has 0 saturated heterocycles. The van der Waals surface area contributed by atoms with E-state index in [9.17, 15) is 9.90 Å². The summed E-state index contributed by atoms with van der Waals surface area (Å²) in [6.45, 7) is 4.29. The highest BCUT2D eigenvalue weighted by Gasteiger charge is 2.18. The van der Waals surface area contributed by atoms with Crippen LogP contribution in [0.1, 0.15) is 33.1 Å². The van der Waals surface area contributed by atoms with Crippen molar-refractivity contribution >= 4 is 17.7 Å². The molecule has 1 unspecified atom stereocenters. The number of allylic oxidation sites excluding steroid dienone is 2. The zero-order chi connectivity index (χ0) is 12.7. The Morgan fingerprint density at radius 1 is 1.53 bits per heavy atom. The molecule has 0 heterocycles. The van der Waals surface area contributed by atoms with Gasteiger partial charge in [-0.05, 0) is 33.1 Å². The van der Waals surface area contributed by atoms with Gasteiger partial charge < -0.3 is 10.4 Å². The number of hydrogen-bond acceptors (Lipinski definition) is 3. The van der Waals surface area contributed by atoms with Crippen molar-refractivity contribution in [1.29, 1.82) is 0 Å². The normalized spacial score (nSPS) is 20.3. The van der Waals surface area contributed by atoms with Gasteiger partial charge in [-0.3, -0.25) is 4.79 Å². The smallest absolute Gasteiger partial charge is 0.223 e. The van der Waals surface area contributed by atoms with E-state index in [1.165, 1.54) is 0 Å². The van der Waals surface area contributed by atoms with E-state index in [-0.39, 0.29) is 11.8 Å². The number of hydrogen-bond donors (Lipinski definition) is 2. The number of nitrogens with one attached hydrogen (secondary N) is 1. The minimum absolute atomic E-state index is 0.166. The fourth-order valence-electron chi connectivity index (χ4n) is 1.74. The van der Waals surface area contributed by atoms with Crippen molar-refractivity contribution in [1.82, 2.24) is 5.32 Å². The Morgan fingerprint density at radius 3 is 2.88 bits per heavy atom. The molecule has 3 nitrogen and oxygen atoms in total. The highest BCUT2D eigenvalue weighted by atomic mass is 32.2. The van der Waals surface area contributed by atoms with Gasteiger partial charge in [0.15, 0.2) is 0 Å². The number of rotatable bonds is 6. The molecule has 98 valence electrons. The summed E-state index contributed by atoms with van der Waals surface area (Å²) in [5.41, 5.74) is -0.622. The molecule has 0 bridgehead atoms. The van der Waals surface area contributed by atoms with Gasteiger partial charge in [-0.15, -0.1) is 0 Å². The molecule has 4 heteroatoms. The van der Waals surface area contributed by atoms with Crippen LogP contribution in [0.5, 0.6) is 0 Å². The van der Waals surface area contributed by atoms with Crippen molar-refractivity contribution in [3.63, 3.8) is 0 Å². The average Bonchev–Trinajstić information content (AvgIpc) is 2.28. The summed E-state index contributed by atoms with van der Waals surface area (Å²) in [5, 5.41) is 12.5. The highest BCUT2D eigenvalue weighted by Crippen LogP contribution is 2.18. The molecule has 1 aliphatic carbocycles. The molecule has 1 amide bonds. The van der Waals surface area contributed by atoms with Crippen molar-refractivity contribution in [2.75, 3.05) is 18.1 Å². The van der Waals surface area contributed by atoms with Gasteiger partial charge in [-0.25, -0.2) is 0 Å². The zero-order valence-corrected chi connectivity index (χ0v) is 11.6. The molecule has 17 heavy (non-hydrogen) atoms. The second kappa shape index (κ2) is 7.07. The second-order valence-corrected chi connectivity index (χ2v) is 6.24. The minimum Gasteiger partial charge on any atom is -0.390 e. The largest absolute Gasteiger partial charge is 0.390 e. The lowest BCUT2D eigenvalue weighted by molar-refractivity contribution is -0.125. The molecule has 0 aromatic rings. The third-order valence-electron chi connectivity index (χ3n) is 2.64. The molecule has 2 N–H and O–H groups in total. The topological polar surface area (TPSA) is 49.3 Å². The lowest BCUT2D eigenvalue weighted by Crippen LogP contribution is -2.33. The van der Waals surface area contributed by atoms with Gasteiger partial charge in [0.1, 0.15) is 0 Å². The molecule has 0 spiro atoms.